The van der Waals surface area contributed by atoms with Crippen molar-refractivity contribution < 1.29 is 14.7 Å². The molecule has 0 heterocycles. The Kier molecular flexibility index (Phi) is 3.65. The summed E-state index contributed by atoms with van der Waals surface area (Å²) < 4.78 is 0. The first-order valence-electron chi connectivity index (χ1n) is 4.06. The third-order valence-corrected chi connectivity index (χ3v) is 1.86. The topological polar surface area (TPSA) is 54.4 Å². The fraction of sp³-hybridized carbons (Fsp3) is 0.200. The van der Waals surface area contributed by atoms with Crippen LogP contribution in [0.15, 0.2) is 24.3 Å². The molecule has 1 N–H and O–H groups in total. The molecule has 0 atom stereocenters. The quantitative estimate of drug-likeness (QED) is 0.772. The third kappa shape index (κ3) is 3.58. The average molecular weight is 213 g/mol. The highest BCUT2D eigenvalue weighted by Crippen LogP contribution is 2.07. The number of aliphatic carboxylic acids is 1. The molecule has 0 bridgehead atoms. The van der Waals surface area contributed by atoms with Gasteiger partial charge in [-0.3, -0.25) is 9.59 Å². The molecule has 0 spiro atoms. The van der Waals surface area contributed by atoms with E-state index in [-0.39, 0.29) is 12.8 Å². The Labute approximate surface area is 86.3 Å². The van der Waals surface area contributed by atoms with Gasteiger partial charge in [0, 0.05) is 6.42 Å². The van der Waals surface area contributed by atoms with Crippen LogP contribution in [-0.4, -0.2) is 16.3 Å². The fourth-order valence-corrected chi connectivity index (χ4v) is 1.26. The van der Waals surface area contributed by atoms with Gasteiger partial charge in [0.15, 0.2) is 0 Å². The molecule has 3 nitrogen and oxygen atoms in total. The number of benzene rings is 1. The van der Waals surface area contributed by atoms with Gasteiger partial charge in [-0.15, -0.1) is 0 Å². The number of halogens is 1. The molecular formula is C10H9ClO3. The molecule has 14 heavy (non-hydrogen) atoms. The lowest BCUT2D eigenvalue weighted by molar-refractivity contribution is -0.136. The minimum Gasteiger partial charge on any atom is -0.481 e. The van der Waals surface area contributed by atoms with Crippen LogP contribution in [0, 0.1) is 0 Å². The van der Waals surface area contributed by atoms with Crippen LogP contribution in [-0.2, 0) is 22.4 Å². The Morgan fingerprint density at radius 3 is 1.86 bits per heavy atom. The van der Waals surface area contributed by atoms with Crippen LogP contribution in [0.3, 0.4) is 0 Å². The van der Waals surface area contributed by atoms with Crippen LogP contribution in [0.5, 0.6) is 0 Å². The van der Waals surface area contributed by atoms with E-state index in [1.807, 2.05) is 0 Å². The van der Waals surface area contributed by atoms with Crippen molar-refractivity contribution in [1.29, 1.82) is 0 Å². The van der Waals surface area contributed by atoms with Gasteiger partial charge in [-0.05, 0) is 22.7 Å². The van der Waals surface area contributed by atoms with E-state index in [0.717, 1.165) is 5.56 Å². The molecule has 0 amide bonds. The zero-order valence-corrected chi connectivity index (χ0v) is 8.12. The van der Waals surface area contributed by atoms with Gasteiger partial charge in [-0.2, -0.15) is 0 Å². The average Bonchev–Trinajstić information content (AvgIpc) is 2.06. The molecule has 74 valence electrons. The van der Waals surface area contributed by atoms with Gasteiger partial charge in [-0.1, -0.05) is 24.3 Å². The molecule has 1 aromatic carbocycles. The first-order chi connectivity index (χ1) is 6.58. The monoisotopic (exact) mass is 212 g/mol. The van der Waals surface area contributed by atoms with Crippen molar-refractivity contribution in [1.82, 2.24) is 0 Å². The molecule has 0 aliphatic rings. The first kappa shape index (κ1) is 10.7. The Morgan fingerprint density at radius 2 is 1.50 bits per heavy atom. The first-order valence-corrected chi connectivity index (χ1v) is 4.43. The summed E-state index contributed by atoms with van der Waals surface area (Å²) in [4.78, 5) is 20.9. The number of hydrogen-bond acceptors (Lipinski definition) is 2. The molecule has 0 saturated heterocycles. The number of carboxylic acid groups (broad SMARTS) is 1. The smallest absolute Gasteiger partial charge is 0.307 e. The van der Waals surface area contributed by atoms with Crippen molar-refractivity contribution in [2.45, 2.75) is 12.8 Å². The van der Waals surface area contributed by atoms with Crippen LogP contribution < -0.4 is 0 Å². The van der Waals surface area contributed by atoms with Crippen LogP contribution in [0.1, 0.15) is 11.1 Å². The number of carbonyl (C=O) groups is 2. The van der Waals surface area contributed by atoms with Crippen molar-refractivity contribution in [3.05, 3.63) is 35.4 Å². The van der Waals surface area contributed by atoms with Crippen LogP contribution in [0.4, 0.5) is 0 Å². The maximum Gasteiger partial charge on any atom is 0.307 e. The highest BCUT2D eigenvalue weighted by molar-refractivity contribution is 6.63. The molecule has 0 fully saturated rings. The second kappa shape index (κ2) is 4.77. The summed E-state index contributed by atoms with van der Waals surface area (Å²) >= 11 is 5.20. The van der Waals surface area contributed by atoms with Crippen LogP contribution in [0.2, 0.25) is 0 Å². The minimum absolute atomic E-state index is 0.00486. The molecular weight excluding hydrogens is 204 g/mol. The maximum absolute atomic E-state index is 10.5. The standard InChI is InChI=1S/C10H9ClO3/c11-9(12)5-7-1-3-8(4-2-7)6-10(13)14/h1-4H,5-6H2,(H,13,14). The Balaban J connectivity index is 2.68. The van der Waals surface area contributed by atoms with Gasteiger partial charge in [-0.25, -0.2) is 0 Å². The van der Waals surface area contributed by atoms with E-state index in [1.54, 1.807) is 24.3 Å². The summed E-state index contributed by atoms with van der Waals surface area (Å²) in [5.74, 6) is -0.869. The summed E-state index contributed by atoms with van der Waals surface area (Å²) in [5.41, 5.74) is 1.50. The summed E-state index contributed by atoms with van der Waals surface area (Å²) in [5, 5.41) is 8.09. The van der Waals surface area contributed by atoms with E-state index in [1.165, 1.54) is 0 Å². The van der Waals surface area contributed by atoms with Gasteiger partial charge in [0.2, 0.25) is 5.24 Å². The second-order valence-electron chi connectivity index (χ2n) is 2.92. The highest BCUT2D eigenvalue weighted by Gasteiger charge is 2.02. The SMILES string of the molecule is O=C(O)Cc1ccc(CC(=O)Cl)cc1. The maximum atomic E-state index is 10.5. The lowest BCUT2D eigenvalue weighted by atomic mass is 10.1. The van der Waals surface area contributed by atoms with E-state index >= 15 is 0 Å². The second-order valence-corrected chi connectivity index (χ2v) is 3.34. The van der Waals surface area contributed by atoms with Gasteiger partial charge >= 0.3 is 5.97 Å². The normalized spacial score (nSPS) is 9.79. The van der Waals surface area contributed by atoms with Gasteiger partial charge in [0.25, 0.3) is 0 Å². The molecule has 0 unspecified atom stereocenters. The van der Waals surface area contributed by atoms with E-state index < -0.39 is 11.2 Å². The van der Waals surface area contributed by atoms with E-state index in [2.05, 4.69) is 0 Å². The minimum atomic E-state index is -0.869. The molecule has 0 saturated carbocycles. The molecule has 4 heteroatoms. The fourth-order valence-electron chi connectivity index (χ4n) is 1.11. The largest absolute Gasteiger partial charge is 0.481 e. The third-order valence-electron chi connectivity index (χ3n) is 1.72. The molecule has 0 radical (unpaired) electrons. The Hall–Kier alpha value is -1.35. The van der Waals surface area contributed by atoms with E-state index in [0.29, 0.717) is 5.56 Å². The van der Waals surface area contributed by atoms with Crippen molar-refractivity contribution >= 4 is 22.8 Å². The number of carboxylic acids is 1. The van der Waals surface area contributed by atoms with Crippen LogP contribution in [0.25, 0.3) is 0 Å². The Bertz CT molecular complexity index is 308. The zero-order chi connectivity index (χ0) is 10.6. The van der Waals surface area contributed by atoms with E-state index in [4.69, 9.17) is 16.7 Å². The lowest BCUT2D eigenvalue weighted by Gasteiger charge is -1.99. The molecule has 0 aliphatic carbocycles. The van der Waals surface area contributed by atoms with Crippen molar-refractivity contribution in [2.24, 2.45) is 0 Å². The van der Waals surface area contributed by atoms with Crippen LogP contribution >= 0.6 is 11.6 Å². The summed E-state index contributed by atoms with van der Waals surface area (Å²) in [6, 6.07) is 6.78. The predicted octanol–water partition coefficient (Wildman–Crippen LogP) is 1.62. The Morgan fingerprint density at radius 1 is 1.07 bits per heavy atom. The molecule has 0 aromatic heterocycles. The van der Waals surface area contributed by atoms with E-state index in [9.17, 15) is 9.59 Å². The van der Waals surface area contributed by atoms with Gasteiger partial charge in [0.05, 0.1) is 6.42 Å². The van der Waals surface area contributed by atoms with Gasteiger partial charge < -0.3 is 5.11 Å². The number of rotatable bonds is 4. The lowest BCUT2D eigenvalue weighted by Crippen LogP contribution is -2.00. The highest BCUT2D eigenvalue weighted by atomic mass is 35.5. The molecule has 0 aliphatic heterocycles. The van der Waals surface area contributed by atoms with Crippen molar-refractivity contribution in [2.75, 3.05) is 0 Å². The van der Waals surface area contributed by atoms with Gasteiger partial charge in [0.1, 0.15) is 0 Å². The zero-order valence-electron chi connectivity index (χ0n) is 7.37. The summed E-state index contributed by atoms with van der Waals surface area (Å²) in [6.07, 6.45) is 0.171. The molecule has 1 rings (SSSR count). The van der Waals surface area contributed by atoms with Crippen molar-refractivity contribution in [3.63, 3.8) is 0 Å². The predicted molar refractivity (Wildman–Crippen MR) is 52.3 cm³/mol. The van der Waals surface area contributed by atoms with Crippen molar-refractivity contribution in [3.8, 4) is 0 Å². The summed E-state index contributed by atoms with van der Waals surface area (Å²) in [7, 11) is 0. The number of carbonyl (C=O) groups excluding carboxylic acids is 1. The number of hydrogen-bond donors (Lipinski definition) is 1. The molecule has 1 aromatic rings. The summed E-state index contributed by atoms with van der Waals surface area (Å²) in [6.45, 7) is 0.